The number of hydrogen-bond acceptors (Lipinski definition) is 5. The maximum atomic E-state index is 12.8. The number of rotatable bonds is 5. The van der Waals surface area contributed by atoms with Gasteiger partial charge in [0.15, 0.2) is 6.10 Å². The average Bonchev–Trinajstić information content (AvgIpc) is 2.73. The molecule has 2 amide bonds. The van der Waals surface area contributed by atoms with E-state index in [2.05, 4.69) is 12.2 Å². The largest absolute Gasteiger partial charge is 0.481 e. The van der Waals surface area contributed by atoms with Gasteiger partial charge in [-0.2, -0.15) is 0 Å². The highest BCUT2D eigenvalue weighted by atomic mass is 16.5. The molecule has 0 bridgehead atoms. The summed E-state index contributed by atoms with van der Waals surface area (Å²) < 4.78 is 11.5. The summed E-state index contributed by atoms with van der Waals surface area (Å²) in [6, 6.07) is 7.51. The normalized spacial score (nSPS) is 24.0. The van der Waals surface area contributed by atoms with Gasteiger partial charge < -0.3 is 24.6 Å². The minimum Gasteiger partial charge on any atom is -0.481 e. The van der Waals surface area contributed by atoms with Crippen LogP contribution in [0.5, 0.6) is 5.75 Å². The van der Waals surface area contributed by atoms with Crippen molar-refractivity contribution in [1.82, 2.24) is 15.1 Å². The van der Waals surface area contributed by atoms with Crippen LogP contribution in [0.1, 0.15) is 26.3 Å². The quantitative estimate of drug-likeness (QED) is 0.816. The van der Waals surface area contributed by atoms with Crippen molar-refractivity contribution in [3.63, 3.8) is 0 Å². The van der Waals surface area contributed by atoms with Crippen molar-refractivity contribution < 1.29 is 19.1 Å². The van der Waals surface area contributed by atoms with E-state index in [1.165, 1.54) is 0 Å². The molecular formula is C21H31N3O4. The van der Waals surface area contributed by atoms with E-state index in [1.54, 1.807) is 11.8 Å². The molecule has 2 fully saturated rings. The van der Waals surface area contributed by atoms with Gasteiger partial charge in [-0.25, -0.2) is 0 Å². The van der Waals surface area contributed by atoms with Gasteiger partial charge in [-0.15, -0.1) is 0 Å². The maximum absolute atomic E-state index is 12.8. The molecule has 3 atom stereocenters. The number of aryl methyl sites for hydroxylation is 1. The van der Waals surface area contributed by atoms with Crippen molar-refractivity contribution in [2.45, 2.75) is 45.4 Å². The third-order valence-corrected chi connectivity index (χ3v) is 5.49. The number of hydrogen-bond donors (Lipinski definition) is 1. The van der Waals surface area contributed by atoms with Gasteiger partial charge in [0.1, 0.15) is 11.8 Å². The summed E-state index contributed by atoms with van der Waals surface area (Å²) in [7, 11) is 0. The molecule has 2 saturated heterocycles. The Kier molecular flexibility index (Phi) is 6.91. The molecule has 0 aromatic heterocycles. The van der Waals surface area contributed by atoms with Crippen LogP contribution < -0.4 is 10.1 Å². The smallest absolute Gasteiger partial charge is 0.263 e. The fourth-order valence-corrected chi connectivity index (χ4v) is 3.76. The number of para-hydroxylation sites is 1. The number of amides is 2. The van der Waals surface area contributed by atoms with Gasteiger partial charge in [0.25, 0.3) is 5.91 Å². The lowest BCUT2D eigenvalue weighted by Gasteiger charge is -2.39. The molecule has 0 spiro atoms. The van der Waals surface area contributed by atoms with Crippen molar-refractivity contribution in [3.8, 4) is 5.75 Å². The van der Waals surface area contributed by atoms with E-state index < -0.39 is 6.10 Å². The molecule has 1 aromatic carbocycles. The fourth-order valence-electron chi connectivity index (χ4n) is 3.76. The van der Waals surface area contributed by atoms with Crippen molar-refractivity contribution in [2.24, 2.45) is 0 Å². The predicted molar refractivity (Wildman–Crippen MR) is 106 cm³/mol. The highest BCUT2D eigenvalue weighted by Gasteiger charge is 2.34. The maximum Gasteiger partial charge on any atom is 0.263 e. The van der Waals surface area contributed by atoms with Gasteiger partial charge in [0, 0.05) is 32.7 Å². The number of ether oxygens (including phenoxy) is 2. The average molecular weight is 389 g/mol. The van der Waals surface area contributed by atoms with Crippen LogP contribution in [0, 0.1) is 0 Å². The number of nitrogens with zero attached hydrogens (tertiary/aromatic N) is 2. The van der Waals surface area contributed by atoms with E-state index in [0.717, 1.165) is 17.7 Å². The summed E-state index contributed by atoms with van der Waals surface area (Å²) in [5.74, 6) is 0.781. The molecule has 2 aliphatic heterocycles. The molecule has 154 valence electrons. The van der Waals surface area contributed by atoms with Gasteiger partial charge >= 0.3 is 0 Å². The SMILES string of the molecule is CCc1ccccc1OC(C)C(=O)N1CCN(C(=O)[C@H]2NCCO[C@@H]2C)CC1. The molecule has 0 radical (unpaired) electrons. The Morgan fingerprint density at radius 1 is 1.21 bits per heavy atom. The molecule has 2 aliphatic rings. The van der Waals surface area contributed by atoms with E-state index in [1.807, 2.05) is 36.1 Å². The summed E-state index contributed by atoms with van der Waals surface area (Å²) in [5.41, 5.74) is 1.09. The fraction of sp³-hybridized carbons (Fsp3) is 0.619. The Morgan fingerprint density at radius 3 is 2.57 bits per heavy atom. The highest BCUT2D eigenvalue weighted by Crippen LogP contribution is 2.20. The first kappa shape index (κ1) is 20.6. The summed E-state index contributed by atoms with van der Waals surface area (Å²) in [4.78, 5) is 29.2. The van der Waals surface area contributed by atoms with Crippen LogP contribution in [0.15, 0.2) is 24.3 Å². The molecule has 0 aliphatic carbocycles. The second kappa shape index (κ2) is 9.39. The van der Waals surface area contributed by atoms with Gasteiger partial charge in [0.05, 0.1) is 12.7 Å². The molecule has 28 heavy (non-hydrogen) atoms. The number of nitrogens with one attached hydrogen (secondary N) is 1. The summed E-state index contributed by atoms with van der Waals surface area (Å²) in [6.45, 7) is 9.21. The first-order chi connectivity index (χ1) is 13.5. The van der Waals surface area contributed by atoms with E-state index in [-0.39, 0.29) is 24.0 Å². The Bertz CT molecular complexity index is 688. The van der Waals surface area contributed by atoms with E-state index >= 15 is 0 Å². The minimum absolute atomic E-state index is 0.0366. The summed E-state index contributed by atoms with van der Waals surface area (Å²) in [5, 5.41) is 3.24. The molecule has 0 saturated carbocycles. The van der Waals surface area contributed by atoms with E-state index in [4.69, 9.17) is 9.47 Å². The number of morpholine rings is 1. The standard InChI is InChI=1S/C21H31N3O4/c1-4-17-7-5-6-8-18(17)28-16(3)20(25)23-10-12-24(13-11-23)21(26)19-15(2)27-14-9-22-19/h5-8,15-16,19,22H,4,9-14H2,1-3H3/t15-,16?,19+/m1/s1. The minimum atomic E-state index is -0.552. The van der Waals surface area contributed by atoms with Crippen molar-refractivity contribution in [3.05, 3.63) is 29.8 Å². The molecular weight excluding hydrogens is 358 g/mol. The van der Waals surface area contributed by atoms with Crippen molar-refractivity contribution in [1.29, 1.82) is 0 Å². The Balaban J connectivity index is 1.52. The van der Waals surface area contributed by atoms with Crippen molar-refractivity contribution >= 4 is 11.8 Å². The highest BCUT2D eigenvalue weighted by molar-refractivity contribution is 5.84. The predicted octanol–water partition coefficient (Wildman–Crippen LogP) is 1.06. The molecule has 1 aromatic rings. The van der Waals surface area contributed by atoms with Gasteiger partial charge in [-0.05, 0) is 31.9 Å². The second-order valence-corrected chi connectivity index (χ2v) is 7.38. The third-order valence-electron chi connectivity index (χ3n) is 5.49. The molecule has 7 nitrogen and oxygen atoms in total. The zero-order valence-electron chi connectivity index (χ0n) is 17.0. The lowest BCUT2D eigenvalue weighted by atomic mass is 10.1. The Hall–Kier alpha value is -2.12. The van der Waals surface area contributed by atoms with Crippen LogP contribution in [-0.4, -0.2) is 79.2 Å². The van der Waals surface area contributed by atoms with Crippen LogP contribution in [0.25, 0.3) is 0 Å². The third kappa shape index (κ3) is 4.64. The number of carbonyl (C=O) groups excluding carboxylic acids is 2. The van der Waals surface area contributed by atoms with Crippen LogP contribution in [0.3, 0.4) is 0 Å². The molecule has 1 N–H and O–H groups in total. The first-order valence-corrected chi connectivity index (χ1v) is 10.2. The van der Waals surface area contributed by atoms with Gasteiger partial charge in [0.2, 0.25) is 5.91 Å². The molecule has 7 heteroatoms. The van der Waals surface area contributed by atoms with Crippen LogP contribution >= 0.6 is 0 Å². The topological polar surface area (TPSA) is 71.1 Å². The monoisotopic (exact) mass is 389 g/mol. The van der Waals surface area contributed by atoms with Gasteiger partial charge in [-0.1, -0.05) is 25.1 Å². The molecule has 3 rings (SSSR count). The Labute approximate surface area is 167 Å². The van der Waals surface area contributed by atoms with Gasteiger partial charge in [-0.3, -0.25) is 9.59 Å². The van der Waals surface area contributed by atoms with Crippen LogP contribution in [0.2, 0.25) is 0 Å². The van der Waals surface area contributed by atoms with E-state index in [0.29, 0.717) is 39.3 Å². The Morgan fingerprint density at radius 2 is 1.89 bits per heavy atom. The zero-order valence-corrected chi connectivity index (χ0v) is 17.0. The lowest BCUT2D eigenvalue weighted by Crippen LogP contribution is -2.60. The second-order valence-electron chi connectivity index (χ2n) is 7.38. The number of benzene rings is 1. The lowest BCUT2D eigenvalue weighted by molar-refractivity contribution is -0.147. The summed E-state index contributed by atoms with van der Waals surface area (Å²) >= 11 is 0. The van der Waals surface area contributed by atoms with E-state index in [9.17, 15) is 9.59 Å². The zero-order chi connectivity index (χ0) is 20.1. The van der Waals surface area contributed by atoms with Crippen LogP contribution in [-0.2, 0) is 20.7 Å². The molecule has 2 heterocycles. The number of piperazine rings is 1. The first-order valence-electron chi connectivity index (χ1n) is 10.2. The summed E-state index contributed by atoms with van der Waals surface area (Å²) in [6.07, 6.45) is 0.172. The molecule has 1 unspecified atom stereocenters. The van der Waals surface area contributed by atoms with Crippen LogP contribution in [0.4, 0.5) is 0 Å². The number of carbonyl (C=O) groups is 2. The van der Waals surface area contributed by atoms with Crippen molar-refractivity contribution in [2.75, 3.05) is 39.3 Å².